The summed E-state index contributed by atoms with van der Waals surface area (Å²) in [4.78, 5) is 28.4. The molecule has 232 valence electrons. The van der Waals surface area contributed by atoms with Crippen molar-refractivity contribution >= 4 is 28.9 Å². The summed E-state index contributed by atoms with van der Waals surface area (Å²) in [7, 11) is 1.67. The third-order valence-electron chi connectivity index (χ3n) is 7.56. The number of methoxy groups -OCH3 is 1. The molecule has 1 unspecified atom stereocenters. The molecule has 1 aromatic heterocycles. The van der Waals surface area contributed by atoms with Gasteiger partial charge in [-0.15, -0.1) is 11.3 Å². The third kappa shape index (κ3) is 9.65. The van der Waals surface area contributed by atoms with Gasteiger partial charge in [0.05, 0.1) is 45.2 Å². The first-order valence-corrected chi connectivity index (χ1v) is 16.2. The predicted molar refractivity (Wildman–Crippen MR) is 171 cm³/mol. The van der Waals surface area contributed by atoms with E-state index in [1.165, 1.54) is 30.6 Å². The fourth-order valence-corrected chi connectivity index (χ4v) is 6.09. The summed E-state index contributed by atoms with van der Waals surface area (Å²) in [5.74, 6) is 0.639. The maximum Gasteiger partial charge on any atom is 0.348 e. The molecule has 7 nitrogen and oxygen atoms in total. The average molecular weight is 608 g/mol. The lowest BCUT2D eigenvalue weighted by atomic mass is 10.0. The van der Waals surface area contributed by atoms with Crippen LogP contribution in [-0.2, 0) is 32.2 Å². The summed E-state index contributed by atoms with van der Waals surface area (Å²) >= 11 is 1.38. The maximum absolute atomic E-state index is 12.9. The molecule has 3 aromatic rings. The van der Waals surface area contributed by atoms with E-state index in [4.69, 9.17) is 18.9 Å². The van der Waals surface area contributed by atoms with Crippen LogP contribution in [-0.4, -0.2) is 37.7 Å². The number of rotatable bonds is 17. The Hall–Kier alpha value is -3.20. The number of nitrogens with zero attached hydrogens (tertiary/aromatic N) is 1. The Balaban J connectivity index is 1.36. The summed E-state index contributed by atoms with van der Waals surface area (Å²) < 4.78 is 23.0. The molecular formula is C35H45NO6S. The number of esters is 1. The minimum absolute atomic E-state index is 0.0186. The van der Waals surface area contributed by atoms with Crippen molar-refractivity contribution in [3.63, 3.8) is 0 Å². The molecule has 2 atom stereocenters. The number of benzene rings is 2. The van der Waals surface area contributed by atoms with Crippen molar-refractivity contribution in [2.45, 2.75) is 97.2 Å². The van der Waals surface area contributed by atoms with Crippen LogP contribution in [0.3, 0.4) is 0 Å². The van der Waals surface area contributed by atoms with E-state index in [9.17, 15) is 9.59 Å². The minimum Gasteiger partial charge on any atom is -0.497 e. The Morgan fingerprint density at radius 1 is 0.977 bits per heavy atom. The lowest BCUT2D eigenvalue weighted by Crippen LogP contribution is -2.36. The van der Waals surface area contributed by atoms with Crippen molar-refractivity contribution in [3.05, 3.63) is 81.5 Å². The summed E-state index contributed by atoms with van der Waals surface area (Å²) in [6.45, 7) is 7.24. The van der Waals surface area contributed by atoms with Gasteiger partial charge in [-0.2, -0.15) is 0 Å². The number of ether oxygens (including phenoxy) is 4. The van der Waals surface area contributed by atoms with Crippen molar-refractivity contribution in [2.24, 2.45) is 0 Å². The second kappa shape index (κ2) is 16.6. The fraction of sp³-hybridized carbons (Fsp3) is 0.486. The molecule has 0 saturated carbocycles. The Bertz CT molecular complexity index is 1290. The lowest BCUT2D eigenvalue weighted by Gasteiger charge is -2.26. The van der Waals surface area contributed by atoms with E-state index >= 15 is 0 Å². The molecule has 2 aromatic carbocycles. The van der Waals surface area contributed by atoms with Gasteiger partial charge >= 0.3 is 5.97 Å². The molecule has 1 saturated heterocycles. The van der Waals surface area contributed by atoms with E-state index < -0.39 is 0 Å². The lowest BCUT2D eigenvalue weighted by molar-refractivity contribution is -0.117. The van der Waals surface area contributed by atoms with Crippen LogP contribution in [0.4, 0.5) is 5.69 Å². The standard InChI is InChI=1S/C35H45NO6S/c1-5-6-7-8-9-32(41-22-26-10-17-30(39-4)18-11-26)27-12-14-28(15-13-27)36-29(16-21-34(36)37)23-40-24-31-19-20-33(43-31)35(38)42-25(2)3/h10-15,17-20,25,29,32H,5-9,16,21-24H2,1-4H3/t29-,32?/m1/s1. The van der Waals surface area contributed by atoms with Crippen LogP contribution >= 0.6 is 11.3 Å². The summed E-state index contributed by atoms with van der Waals surface area (Å²) in [6.07, 6.45) is 6.76. The Morgan fingerprint density at radius 3 is 2.44 bits per heavy atom. The molecule has 1 amide bonds. The quantitative estimate of drug-likeness (QED) is 0.114. The Kier molecular flexibility index (Phi) is 12.6. The van der Waals surface area contributed by atoms with Gasteiger partial charge in [0.25, 0.3) is 0 Å². The van der Waals surface area contributed by atoms with Gasteiger partial charge in [-0.25, -0.2) is 4.79 Å². The van der Waals surface area contributed by atoms with Gasteiger partial charge in [-0.3, -0.25) is 4.79 Å². The van der Waals surface area contributed by atoms with E-state index in [0.29, 0.717) is 31.1 Å². The largest absolute Gasteiger partial charge is 0.497 e. The first-order chi connectivity index (χ1) is 20.9. The number of amides is 1. The molecule has 2 heterocycles. The van der Waals surface area contributed by atoms with Crippen LogP contribution in [0.2, 0.25) is 0 Å². The summed E-state index contributed by atoms with van der Waals surface area (Å²) in [5, 5.41) is 0. The van der Waals surface area contributed by atoms with Crippen LogP contribution in [0, 0.1) is 0 Å². The van der Waals surface area contributed by atoms with Crippen LogP contribution in [0.15, 0.2) is 60.7 Å². The molecule has 0 N–H and O–H groups in total. The fourth-order valence-electron chi connectivity index (χ4n) is 5.26. The number of carbonyl (C=O) groups is 2. The molecule has 1 aliphatic heterocycles. The molecular weight excluding hydrogens is 562 g/mol. The molecule has 0 aliphatic carbocycles. The van der Waals surface area contributed by atoms with Crippen molar-refractivity contribution in [1.82, 2.24) is 0 Å². The topological polar surface area (TPSA) is 74.3 Å². The van der Waals surface area contributed by atoms with Crippen LogP contribution in [0.25, 0.3) is 0 Å². The number of anilines is 1. The number of hydrogen-bond donors (Lipinski definition) is 0. The molecule has 0 spiro atoms. The number of carbonyl (C=O) groups excluding carboxylic acids is 2. The molecule has 43 heavy (non-hydrogen) atoms. The van der Waals surface area contributed by atoms with Gasteiger partial charge in [-0.05, 0) is 74.2 Å². The molecule has 1 fully saturated rings. The zero-order valence-electron chi connectivity index (χ0n) is 25.9. The number of unbranched alkanes of at least 4 members (excludes halogenated alkanes) is 3. The van der Waals surface area contributed by atoms with Crippen LogP contribution in [0.1, 0.15) is 97.5 Å². The highest BCUT2D eigenvalue weighted by molar-refractivity contribution is 7.13. The van der Waals surface area contributed by atoms with E-state index in [2.05, 4.69) is 19.1 Å². The van der Waals surface area contributed by atoms with Gasteiger partial charge in [0.1, 0.15) is 10.6 Å². The van der Waals surface area contributed by atoms with E-state index in [1.807, 2.05) is 61.2 Å². The molecule has 8 heteroatoms. The molecule has 0 bridgehead atoms. The van der Waals surface area contributed by atoms with E-state index in [1.54, 1.807) is 13.2 Å². The number of thiophene rings is 1. The van der Waals surface area contributed by atoms with Gasteiger partial charge in [0.2, 0.25) is 5.91 Å². The highest BCUT2D eigenvalue weighted by Crippen LogP contribution is 2.31. The Morgan fingerprint density at radius 2 is 1.74 bits per heavy atom. The molecule has 1 aliphatic rings. The average Bonchev–Trinajstić information content (AvgIpc) is 3.63. The second-order valence-electron chi connectivity index (χ2n) is 11.3. The Labute approximate surface area is 260 Å². The second-order valence-corrected chi connectivity index (χ2v) is 12.4. The third-order valence-corrected chi connectivity index (χ3v) is 8.60. The smallest absolute Gasteiger partial charge is 0.348 e. The van der Waals surface area contributed by atoms with Crippen LogP contribution in [0.5, 0.6) is 5.75 Å². The highest BCUT2D eigenvalue weighted by atomic mass is 32.1. The van der Waals surface area contributed by atoms with Crippen molar-refractivity contribution in [3.8, 4) is 5.75 Å². The zero-order chi connectivity index (χ0) is 30.6. The summed E-state index contributed by atoms with van der Waals surface area (Å²) in [5.41, 5.74) is 3.11. The van der Waals surface area contributed by atoms with Gasteiger partial charge in [-0.1, -0.05) is 56.9 Å². The van der Waals surface area contributed by atoms with Gasteiger partial charge in [0, 0.05) is 17.0 Å². The van der Waals surface area contributed by atoms with Crippen molar-refractivity contribution in [2.75, 3.05) is 18.6 Å². The van der Waals surface area contributed by atoms with Crippen molar-refractivity contribution < 1.29 is 28.5 Å². The summed E-state index contributed by atoms with van der Waals surface area (Å²) in [6, 6.07) is 19.9. The first kappa shape index (κ1) is 32.7. The predicted octanol–water partition coefficient (Wildman–Crippen LogP) is 8.26. The molecule has 4 rings (SSSR count). The maximum atomic E-state index is 12.9. The van der Waals surface area contributed by atoms with Gasteiger partial charge < -0.3 is 23.8 Å². The monoisotopic (exact) mass is 607 g/mol. The number of hydrogen-bond acceptors (Lipinski definition) is 7. The highest BCUT2D eigenvalue weighted by Gasteiger charge is 2.32. The first-order valence-electron chi connectivity index (χ1n) is 15.4. The van der Waals surface area contributed by atoms with Crippen LogP contribution < -0.4 is 9.64 Å². The zero-order valence-corrected chi connectivity index (χ0v) is 26.7. The van der Waals surface area contributed by atoms with E-state index in [0.717, 1.165) is 46.7 Å². The SMILES string of the molecule is CCCCCCC(OCc1ccc(OC)cc1)c1ccc(N2C(=O)CC[C@@H]2COCc2ccc(C(=O)OC(C)C)s2)cc1. The minimum atomic E-state index is -0.309. The normalized spacial score (nSPS) is 15.7. The molecule has 0 radical (unpaired) electrons. The van der Waals surface area contributed by atoms with Gasteiger partial charge in [0.15, 0.2) is 0 Å². The van der Waals surface area contributed by atoms with E-state index in [-0.39, 0.29) is 30.1 Å². The van der Waals surface area contributed by atoms with Crippen molar-refractivity contribution in [1.29, 1.82) is 0 Å².